The van der Waals surface area contributed by atoms with Gasteiger partial charge in [0.25, 0.3) is 5.91 Å². The molecule has 0 bridgehead atoms. The zero-order valence-electron chi connectivity index (χ0n) is 10.4. The van der Waals surface area contributed by atoms with Gasteiger partial charge in [-0.05, 0) is 25.1 Å². The lowest BCUT2D eigenvalue weighted by atomic mass is 10.3. The van der Waals surface area contributed by atoms with Crippen molar-refractivity contribution in [2.75, 3.05) is 0 Å². The summed E-state index contributed by atoms with van der Waals surface area (Å²) in [6.45, 7) is 2.20. The number of amides is 1. The lowest BCUT2D eigenvalue weighted by Crippen LogP contribution is -2.23. The summed E-state index contributed by atoms with van der Waals surface area (Å²) in [4.78, 5) is 19.3. The van der Waals surface area contributed by atoms with Crippen LogP contribution < -0.4 is 5.32 Å². The maximum Gasteiger partial charge on any atom is 0.272 e. The molecule has 0 unspecified atom stereocenters. The van der Waals surface area contributed by atoms with Crippen molar-refractivity contribution in [2.45, 2.75) is 13.5 Å². The van der Waals surface area contributed by atoms with Gasteiger partial charge in [0.05, 0.1) is 17.6 Å². The van der Waals surface area contributed by atoms with Crippen molar-refractivity contribution in [2.24, 2.45) is 0 Å². The van der Waals surface area contributed by atoms with Crippen LogP contribution in [0.4, 0.5) is 0 Å². The standard InChI is InChI=1S/C13H13N5O/c1-8-6-11(18-17-8)13(19)14-7-12-15-9-4-2-3-5-10(9)16-12/h2-6H,7H2,1H3,(H,14,19)(H,15,16)(H,17,18). The average molecular weight is 255 g/mol. The average Bonchev–Trinajstić information content (AvgIpc) is 3.01. The first-order chi connectivity index (χ1) is 9.22. The van der Waals surface area contributed by atoms with E-state index < -0.39 is 0 Å². The molecule has 0 saturated carbocycles. The fourth-order valence-corrected chi connectivity index (χ4v) is 1.88. The number of hydrogen-bond acceptors (Lipinski definition) is 3. The van der Waals surface area contributed by atoms with E-state index in [1.54, 1.807) is 6.07 Å². The number of carbonyl (C=O) groups is 1. The fourth-order valence-electron chi connectivity index (χ4n) is 1.88. The molecule has 0 saturated heterocycles. The molecule has 2 heterocycles. The third-order valence-corrected chi connectivity index (χ3v) is 2.79. The molecule has 0 radical (unpaired) electrons. The van der Waals surface area contributed by atoms with Gasteiger partial charge in [0.15, 0.2) is 0 Å². The Balaban J connectivity index is 1.70. The molecule has 1 aromatic carbocycles. The molecule has 19 heavy (non-hydrogen) atoms. The van der Waals surface area contributed by atoms with Crippen molar-refractivity contribution < 1.29 is 4.79 Å². The molecule has 0 atom stereocenters. The number of aryl methyl sites for hydroxylation is 1. The van der Waals surface area contributed by atoms with E-state index >= 15 is 0 Å². The van der Waals surface area contributed by atoms with Crippen molar-refractivity contribution in [1.82, 2.24) is 25.5 Å². The summed E-state index contributed by atoms with van der Waals surface area (Å²) in [5.74, 6) is 0.506. The highest BCUT2D eigenvalue weighted by Gasteiger charge is 2.09. The molecule has 3 N–H and O–H groups in total. The highest BCUT2D eigenvalue weighted by molar-refractivity contribution is 5.92. The number of hydrogen-bond donors (Lipinski definition) is 3. The molecule has 1 amide bonds. The van der Waals surface area contributed by atoms with Crippen LogP contribution in [0.3, 0.4) is 0 Å². The molecule has 0 aliphatic carbocycles. The van der Waals surface area contributed by atoms with Crippen LogP contribution in [-0.4, -0.2) is 26.1 Å². The van der Waals surface area contributed by atoms with E-state index in [1.807, 2.05) is 31.2 Å². The molecule has 0 fully saturated rings. The summed E-state index contributed by atoms with van der Waals surface area (Å²) >= 11 is 0. The maximum atomic E-state index is 11.8. The van der Waals surface area contributed by atoms with E-state index in [-0.39, 0.29) is 5.91 Å². The van der Waals surface area contributed by atoms with Crippen LogP contribution in [0.25, 0.3) is 11.0 Å². The Labute approximate surface area is 109 Å². The number of imidazole rings is 1. The summed E-state index contributed by atoms with van der Waals surface area (Å²) in [6.07, 6.45) is 0. The van der Waals surface area contributed by atoms with Gasteiger partial charge in [-0.25, -0.2) is 4.98 Å². The second kappa shape index (κ2) is 4.56. The van der Waals surface area contributed by atoms with Gasteiger partial charge in [-0.15, -0.1) is 0 Å². The molecule has 0 spiro atoms. The van der Waals surface area contributed by atoms with Gasteiger partial charge in [0.2, 0.25) is 0 Å². The lowest BCUT2D eigenvalue weighted by molar-refractivity contribution is 0.0945. The van der Waals surface area contributed by atoms with Crippen LogP contribution in [-0.2, 0) is 6.54 Å². The number of aromatic amines is 2. The SMILES string of the molecule is Cc1cc(C(=O)NCc2nc3ccccc3[nH]2)n[nH]1. The van der Waals surface area contributed by atoms with E-state index in [1.165, 1.54) is 0 Å². The number of benzene rings is 1. The van der Waals surface area contributed by atoms with Gasteiger partial charge in [-0.1, -0.05) is 12.1 Å². The Bertz CT molecular complexity index is 694. The molecule has 6 heteroatoms. The second-order valence-corrected chi connectivity index (χ2v) is 4.32. The Hall–Kier alpha value is -2.63. The van der Waals surface area contributed by atoms with Crippen LogP contribution in [0.15, 0.2) is 30.3 Å². The highest BCUT2D eigenvalue weighted by Crippen LogP contribution is 2.10. The van der Waals surface area contributed by atoms with Crippen LogP contribution in [0, 0.1) is 6.92 Å². The number of aromatic nitrogens is 4. The predicted octanol–water partition coefficient (Wildman–Crippen LogP) is 1.52. The van der Waals surface area contributed by atoms with E-state index in [9.17, 15) is 4.79 Å². The van der Waals surface area contributed by atoms with E-state index in [2.05, 4.69) is 25.5 Å². The van der Waals surface area contributed by atoms with Gasteiger partial charge in [0.1, 0.15) is 11.5 Å². The summed E-state index contributed by atoms with van der Waals surface area (Å²) in [5, 5.41) is 9.41. The molecule has 96 valence electrons. The Morgan fingerprint density at radius 3 is 2.95 bits per heavy atom. The fraction of sp³-hybridized carbons (Fsp3) is 0.154. The lowest BCUT2D eigenvalue weighted by Gasteiger charge is -1.99. The number of para-hydroxylation sites is 2. The Morgan fingerprint density at radius 1 is 1.37 bits per heavy atom. The Kier molecular flexibility index (Phi) is 2.75. The van der Waals surface area contributed by atoms with Crippen LogP contribution in [0.1, 0.15) is 22.0 Å². The monoisotopic (exact) mass is 255 g/mol. The normalized spacial score (nSPS) is 10.8. The largest absolute Gasteiger partial charge is 0.343 e. The number of carbonyl (C=O) groups excluding carboxylic acids is 1. The van der Waals surface area contributed by atoms with Crippen LogP contribution in [0.5, 0.6) is 0 Å². The summed E-state index contributed by atoms with van der Waals surface area (Å²) < 4.78 is 0. The Morgan fingerprint density at radius 2 is 2.21 bits per heavy atom. The van der Waals surface area contributed by atoms with Crippen molar-refractivity contribution in [1.29, 1.82) is 0 Å². The van der Waals surface area contributed by atoms with Crippen LogP contribution in [0.2, 0.25) is 0 Å². The number of nitrogens with zero attached hydrogens (tertiary/aromatic N) is 2. The third-order valence-electron chi connectivity index (χ3n) is 2.79. The highest BCUT2D eigenvalue weighted by atomic mass is 16.1. The molecule has 3 aromatic rings. The van der Waals surface area contributed by atoms with E-state index in [4.69, 9.17) is 0 Å². The summed E-state index contributed by atoms with van der Waals surface area (Å²) in [6, 6.07) is 9.44. The number of H-pyrrole nitrogens is 2. The molecule has 2 aromatic heterocycles. The van der Waals surface area contributed by atoms with Crippen molar-refractivity contribution in [3.63, 3.8) is 0 Å². The summed E-state index contributed by atoms with van der Waals surface area (Å²) in [7, 11) is 0. The molecular formula is C13H13N5O. The van der Waals surface area contributed by atoms with Gasteiger partial charge < -0.3 is 10.3 Å². The molecule has 3 rings (SSSR count). The number of fused-ring (bicyclic) bond motifs is 1. The summed E-state index contributed by atoms with van der Waals surface area (Å²) in [5.41, 5.74) is 3.09. The maximum absolute atomic E-state index is 11.8. The number of nitrogens with one attached hydrogen (secondary N) is 3. The first-order valence-corrected chi connectivity index (χ1v) is 5.96. The van der Waals surface area contributed by atoms with E-state index in [0.717, 1.165) is 22.6 Å². The van der Waals surface area contributed by atoms with Crippen molar-refractivity contribution in [3.05, 3.63) is 47.5 Å². The molecule has 0 aliphatic rings. The second-order valence-electron chi connectivity index (χ2n) is 4.32. The zero-order valence-corrected chi connectivity index (χ0v) is 10.4. The first-order valence-electron chi connectivity index (χ1n) is 5.96. The molecular weight excluding hydrogens is 242 g/mol. The van der Waals surface area contributed by atoms with Crippen molar-refractivity contribution >= 4 is 16.9 Å². The smallest absolute Gasteiger partial charge is 0.272 e. The first kappa shape index (κ1) is 11.5. The minimum atomic E-state index is -0.218. The molecule has 0 aliphatic heterocycles. The van der Waals surface area contributed by atoms with Gasteiger partial charge >= 0.3 is 0 Å². The van der Waals surface area contributed by atoms with Crippen molar-refractivity contribution in [3.8, 4) is 0 Å². The number of rotatable bonds is 3. The third kappa shape index (κ3) is 2.33. The minimum absolute atomic E-state index is 0.218. The molecule has 6 nitrogen and oxygen atoms in total. The van der Waals surface area contributed by atoms with Gasteiger partial charge in [-0.2, -0.15) is 5.10 Å². The van der Waals surface area contributed by atoms with E-state index in [0.29, 0.717) is 12.2 Å². The minimum Gasteiger partial charge on any atom is -0.343 e. The van der Waals surface area contributed by atoms with Crippen LogP contribution >= 0.6 is 0 Å². The topological polar surface area (TPSA) is 86.5 Å². The van der Waals surface area contributed by atoms with Gasteiger partial charge in [-0.3, -0.25) is 9.89 Å². The predicted molar refractivity (Wildman–Crippen MR) is 70.6 cm³/mol. The zero-order chi connectivity index (χ0) is 13.2. The quantitative estimate of drug-likeness (QED) is 0.663. The van der Waals surface area contributed by atoms with Gasteiger partial charge in [0, 0.05) is 5.69 Å².